The lowest BCUT2D eigenvalue weighted by Crippen LogP contribution is -2.41. The molecule has 6 heteroatoms. The molecule has 116 valence electrons. The zero-order chi connectivity index (χ0) is 16.0. The lowest BCUT2D eigenvalue weighted by molar-refractivity contribution is 0.00578. The van der Waals surface area contributed by atoms with Crippen molar-refractivity contribution in [2.24, 2.45) is 0 Å². The molecule has 2 rings (SSSR count). The van der Waals surface area contributed by atoms with Crippen LogP contribution < -0.4 is 10.2 Å². The van der Waals surface area contributed by atoms with Crippen LogP contribution in [0.15, 0.2) is 16.6 Å². The minimum atomic E-state index is -0.748. The molecule has 1 aliphatic rings. The van der Waals surface area contributed by atoms with Crippen molar-refractivity contribution in [3.05, 3.63) is 22.4 Å². The molecule has 0 spiro atoms. The van der Waals surface area contributed by atoms with Gasteiger partial charge in [0, 0.05) is 9.94 Å². The van der Waals surface area contributed by atoms with Crippen molar-refractivity contribution in [2.75, 3.05) is 0 Å². The van der Waals surface area contributed by atoms with E-state index < -0.39 is 24.1 Å². The smallest absolute Gasteiger partial charge is 0.488 e. The van der Waals surface area contributed by atoms with E-state index in [4.69, 9.17) is 14.0 Å². The second-order valence-electron chi connectivity index (χ2n) is 6.56. The molecule has 1 aromatic rings. The second kappa shape index (κ2) is 5.56. The molecule has 0 atom stereocenters. The molecule has 1 saturated heterocycles. The fourth-order valence-electron chi connectivity index (χ4n) is 2.07. The third-order valence-electron chi connectivity index (χ3n) is 3.90. The van der Waals surface area contributed by atoms with Crippen LogP contribution in [-0.4, -0.2) is 24.4 Å². The summed E-state index contributed by atoms with van der Waals surface area (Å²) in [6.07, 6.45) is -0.111. The molecule has 0 aliphatic carbocycles. The quantitative estimate of drug-likeness (QED) is 0.771. The van der Waals surface area contributed by atoms with Gasteiger partial charge in [-0.2, -0.15) is 0 Å². The van der Waals surface area contributed by atoms with Crippen molar-refractivity contribution in [1.29, 1.82) is 0 Å². The molecule has 3 nitrogen and oxygen atoms in total. The summed E-state index contributed by atoms with van der Waals surface area (Å²) in [6.45, 7) is 11.5. The van der Waals surface area contributed by atoms with Crippen LogP contribution in [-0.2, 0) is 9.31 Å². The summed E-state index contributed by atoms with van der Waals surface area (Å²) in [5, 5.41) is 0. The Balaban J connectivity index is 2.39. The van der Waals surface area contributed by atoms with Crippen LogP contribution >= 0.6 is 15.9 Å². The predicted molar refractivity (Wildman–Crippen MR) is 85.6 cm³/mol. The summed E-state index contributed by atoms with van der Waals surface area (Å²) >= 11 is 3.38. The standard InChI is InChI=1S/C15H21BBrFO3/c1-9(2)19-12-8-10(17)7-11(13(12)18)16-20-14(3,4)15(5,6)21-16/h7-9H,1-6H3. The van der Waals surface area contributed by atoms with E-state index in [9.17, 15) is 4.39 Å². The molecule has 0 radical (unpaired) electrons. The van der Waals surface area contributed by atoms with Crippen LogP contribution in [0.2, 0.25) is 0 Å². The van der Waals surface area contributed by atoms with Crippen molar-refractivity contribution in [3.63, 3.8) is 0 Å². The molecular weight excluding hydrogens is 338 g/mol. The first-order chi connectivity index (χ1) is 9.53. The third kappa shape index (κ3) is 3.27. The predicted octanol–water partition coefficient (Wildman–Crippen LogP) is 3.67. The van der Waals surface area contributed by atoms with Crippen LogP contribution in [0, 0.1) is 5.82 Å². The van der Waals surface area contributed by atoms with E-state index in [1.807, 2.05) is 41.5 Å². The Morgan fingerprint density at radius 3 is 2.14 bits per heavy atom. The van der Waals surface area contributed by atoms with Gasteiger partial charge in [0.2, 0.25) is 0 Å². The van der Waals surface area contributed by atoms with Gasteiger partial charge in [0.25, 0.3) is 0 Å². The van der Waals surface area contributed by atoms with Gasteiger partial charge in [-0.25, -0.2) is 4.39 Å². The third-order valence-corrected chi connectivity index (χ3v) is 4.36. The molecule has 0 aromatic heterocycles. The molecule has 21 heavy (non-hydrogen) atoms. The summed E-state index contributed by atoms with van der Waals surface area (Å²) in [5.41, 5.74) is -0.671. The molecule has 1 aromatic carbocycles. The van der Waals surface area contributed by atoms with E-state index in [-0.39, 0.29) is 11.9 Å². The van der Waals surface area contributed by atoms with Gasteiger partial charge in [-0.15, -0.1) is 0 Å². The van der Waals surface area contributed by atoms with Crippen LogP contribution in [0.3, 0.4) is 0 Å². The van der Waals surface area contributed by atoms with E-state index in [0.29, 0.717) is 5.46 Å². The molecular formula is C15H21BBrFO3. The highest BCUT2D eigenvalue weighted by Gasteiger charge is 2.52. The van der Waals surface area contributed by atoms with Crippen molar-refractivity contribution in [1.82, 2.24) is 0 Å². The average molecular weight is 359 g/mol. The zero-order valence-electron chi connectivity index (χ0n) is 13.3. The van der Waals surface area contributed by atoms with Gasteiger partial charge in [-0.3, -0.25) is 0 Å². The SMILES string of the molecule is CC(C)Oc1cc(Br)cc(B2OC(C)(C)C(C)(C)O2)c1F. The maximum absolute atomic E-state index is 14.7. The molecule has 0 amide bonds. The molecule has 0 N–H and O–H groups in total. The van der Waals surface area contributed by atoms with Gasteiger partial charge >= 0.3 is 7.12 Å². The topological polar surface area (TPSA) is 27.7 Å². The molecule has 0 saturated carbocycles. The fraction of sp³-hybridized carbons (Fsp3) is 0.600. The van der Waals surface area contributed by atoms with Gasteiger partial charge in [-0.1, -0.05) is 15.9 Å². The minimum Gasteiger partial charge on any atom is -0.488 e. The fourth-order valence-corrected chi connectivity index (χ4v) is 2.52. The van der Waals surface area contributed by atoms with Crippen molar-refractivity contribution < 1.29 is 18.4 Å². The zero-order valence-corrected chi connectivity index (χ0v) is 14.9. The number of ether oxygens (including phenoxy) is 1. The average Bonchev–Trinajstić information content (AvgIpc) is 2.52. The number of hydrogen-bond donors (Lipinski definition) is 0. The highest BCUT2D eigenvalue weighted by Crippen LogP contribution is 2.37. The highest BCUT2D eigenvalue weighted by molar-refractivity contribution is 9.10. The molecule has 0 bridgehead atoms. The van der Waals surface area contributed by atoms with Crippen molar-refractivity contribution >= 4 is 28.5 Å². The Morgan fingerprint density at radius 2 is 1.67 bits per heavy atom. The van der Waals surface area contributed by atoms with Gasteiger partial charge in [-0.05, 0) is 53.7 Å². The minimum absolute atomic E-state index is 0.111. The molecule has 1 fully saturated rings. The highest BCUT2D eigenvalue weighted by atomic mass is 79.9. The lowest BCUT2D eigenvalue weighted by Gasteiger charge is -2.32. The first kappa shape index (κ1) is 16.8. The van der Waals surface area contributed by atoms with Crippen LogP contribution in [0.5, 0.6) is 5.75 Å². The van der Waals surface area contributed by atoms with Gasteiger partial charge in [0.15, 0.2) is 11.6 Å². The monoisotopic (exact) mass is 358 g/mol. The summed E-state index contributed by atoms with van der Waals surface area (Å²) in [5.74, 6) is -0.241. The van der Waals surface area contributed by atoms with E-state index in [0.717, 1.165) is 4.47 Å². The van der Waals surface area contributed by atoms with Gasteiger partial charge in [0.1, 0.15) is 0 Å². The van der Waals surface area contributed by atoms with E-state index in [1.54, 1.807) is 12.1 Å². The Hall–Kier alpha value is -0.585. The van der Waals surface area contributed by atoms with Gasteiger partial charge in [0.05, 0.1) is 17.3 Å². The van der Waals surface area contributed by atoms with Crippen LogP contribution in [0.25, 0.3) is 0 Å². The largest absolute Gasteiger partial charge is 0.498 e. The Bertz CT molecular complexity index is 530. The molecule has 1 aliphatic heterocycles. The van der Waals surface area contributed by atoms with Crippen molar-refractivity contribution in [2.45, 2.75) is 58.8 Å². The summed E-state index contributed by atoms with van der Waals surface area (Å²) in [6, 6.07) is 3.29. The normalized spacial score (nSPS) is 20.1. The molecule has 0 unspecified atom stereocenters. The molecule has 1 heterocycles. The summed E-state index contributed by atoms with van der Waals surface area (Å²) in [4.78, 5) is 0. The summed E-state index contributed by atoms with van der Waals surface area (Å²) < 4.78 is 32.7. The van der Waals surface area contributed by atoms with Crippen molar-refractivity contribution in [3.8, 4) is 5.75 Å². The maximum Gasteiger partial charge on any atom is 0.498 e. The Morgan fingerprint density at radius 1 is 1.14 bits per heavy atom. The lowest BCUT2D eigenvalue weighted by atomic mass is 9.78. The number of halogens is 2. The first-order valence-electron chi connectivity index (χ1n) is 7.05. The Kier molecular flexibility index (Phi) is 4.44. The summed E-state index contributed by atoms with van der Waals surface area (Å²) in [7, 11) is -0.748. The van der Waals surface area contributed by atoms with E-state index in [1.165, 1.54) is 0 Å². The number of benzene rings is 1. The second-order valence-corrected chi connectivity index (χ2v) is 7.48. The van der Waals surface area contributed by atoms with Crippen LogP contribution in [0.4, 0.5) is 4.39 Å². The van der Waals surface area contributed by atoms with E-state index in [2.05, 4.69) is 15.9 Å². The Labute approximate surface area is 134 Å². The van der Waals surface area contributed by atoms with Gasteiger partial charge < -0.3 is 14.0 Å². The maximum atomic E-state index is 14.7. The van der Waals surface area contributed by atoms with Crippen LogP contribution in [0.1, 0.15) is 41.5 Å². The number of rotatable bonds is 3. The number of hydrogen-bond acceptors (Lipinski definition) is 3. The first-order valence-corrected chi connectivity index (χ1v) is 7.84. The van der Waals surface area contributed by atoms with E-state index >= 15 is 0 Å².